The molecule has 3 rings (SSSR count). The molecular formula is C22H19FN2O2. The van der Waals surface area contributed by atoms with E-state index in [2.05, 4.69) is 10.9 Å². The maximum absolute atomic E-state index is 13.4. The molecule has 0 aromatic heterocycles. The first-order chi connectivity index (χ1) is 13.1. The molecule has 4 nitrogen and oxygen atoms in total. The van der Waals surface area contributed by atoms with Crippen LogP contribution in [0.25, 0.3) is 6.08 Å². The Hall–Kier alpha value is -3.39. The van der Waals surface area contributed by atoms with Crippen molar-refractivity contribution in [2.24, 2.45) is 4.99 Å². The van der Waals surface area contributed by atoms with Gasteiger partial charge in [0.1, 0.15) is 11.7 Å². The Kier molecular flexibility index (Phi) is 5.68. The standard InChI is InChI=1S/C22H19FN2O2/c1-3-7-20-24-21(22(26)27-2)19(15-10-16-8-5-4-6-9-16)25(20)18-13-11-17(23)12-14-18/h1,4-6,8-15,19,21H,7H2,2H3/b15-10+. The van der Waals surface area contributed by atoms with E-state index in [0.29, 0.717) is 11.5 Å². The Morgan fingerprint density at radius 3 is 2.59 bits per heavy atom. The van der Waals surface area contributed by atoms with Gasteiger partial charge in [0.05, 0.1) is 19.6 Å². The predicted molar refractivity (Wildman–Crippen MR) is 105 cm³/mol. The average Bonchev–Trinajstić information content (AvgIpc) is 3.05. The van der Waals surface area contributed by atoms with E-state index in [1.54, 1.807) is 12.1 Å². The molecule has 0 radical (unpaired) electrons. The Morgan fingerprint density at radius 2 is 1.96 bits per heavy atom. The van der Waals surface area contributed by atoms with E-state index in [4.69, 9.17) is 11.2 Å². The van der Waals surface area contributed by atoms with Crippen LogP contribution in [0.15, 0.2) is 65.7 Å². The highest BCUT2D eigenvalue weighted by molar-refractivity contribution is 6.05. The fourth-order valence-corrected chi connectivity index (χ4v) is 3.04. The fraction of sp³-hybridized carbons (Fsp3) is 0.182. The lowest BCUT2D eigenvalue weighted by Crippen LogP contribution is -2.41. The summed E-state index contributed by atoms with van der Waals surface area (Å²) in [6, 6.07) is 14.6. The number of esters is 1. The summed E-state index contributed by atoms with van der Waals surface area (Å²) < 4.78 is 18.3. The number of anilines is 1. The smallest absolute Gasteiger partial charge is 0.333 e. The number of methoxy groups -OCH3 is 1. The predicted octanol–water partition coefficient (Wildman–Crippen LogP) is 3.69. The summed E-state index contributed by atoms with van der Waals surface area (Å²) >= 11 is 0. The third-order valence-corrected chi connectivity index (χ3v) is 4.28. The fourth-order valence-electron chi connectivity index (χ4n) is 3.04. The monoisotopic (exact) mass is 362 g/mol. The maximum Gasteiger partial charge on any atom is 0.333 e. The second kappa shape index (κ2) is 8.33. The Labute approximate surface area is 158 Å². The van der Waals surface area contributed by atoms with E-state index in [1.165, 1.54) is 19.2 Å². The Bertz CT molecular complexity index is 898. The van der Waals surface area contributed by atoms with Crippen LogP contribution >= 0.6 is 0 Å². The molecule has 2 aromatic carbocycles. The molecule has 0 bridgehead atoms. The highest BCUT2D eigenvalue weighted by atomic mass is 19.1. The number of carbonyl (C=O) groups is 1. The van der Waals surface area contributed by atoms with E-state index >= 15 is 0 Å². The normalized spacial score (nSPS) is 19.0. The first kappa shape index (κ1) is 18.4. The molecule has 27 heavy (non-hydrogen) atoms. The third kappa shape index (κ3) is 4.06. The van der Waals surface area contributed by atoms with Crippen molar-refractivity contribution in [1.82, 2.24) is 0 Å². The van der Waals surface area contributed by atoms with Crippen LogP contribution in [-0.2, 0) is 9.53 Å². The number of hydrogen-bond acceptors (Lipinski definition) is 4. The van der Waals surface area contributed by atoms with Gasteiger partial charge in [-0.25, -0.2) is 9.18 Å². The van der Waals surface area contributed by atoms with Gasteiger partial charge in [-0.3, -0.25) is 4.99 Å². The summed E-state index contributed by atoms with van der Waals surface area (Å²) in [5.41, 5.74) is 1.70. The van der Waals surface area contributed by atoms with Crippen molar-refractivity contribution in [2.75, 3.05) is 12.0 Å². The van der Waals surface area contributed by atoms with Gasteiger partial charge in [0.25, 0.3) is 0 Å². The Morgan fingerprint density at radius 1 is 1.26 bits per heavy atom. The van der Waals surface area contributed by atoms with Crippen LogP contribution in [0.1, 0.15) is 12.0 Å². The molecule has 136 valence electrons. The van der Waals surface area contributed by atoms with E-state index in [-0.39, 0.29) is 12.2 Å². The third-order valence-electron chi connectivity index (χ3n) is 4.28. The molecule has 2 atom stereocenters. The summed E-state index contributed by atoms with van der Waals surface area (Å²) in [7, 11) is 1.33. The number of carbonyl (C=O) groups excluding carboxylic acids is 1. The highest BCUT2D eigenvalue weighted by Gasteiger charge is 2.40. The SMILES string of the molecule is C#CCC1=NC(C(=O)OC)C(/C=C/c2ccccc2)N1c1ccc(F)cc1. The zero-order valence-corrected chi connectivity index (χ0v) is 14.9. The second-order valence-electron chi connectivity index (χ2n) is 6.00. The number of terminal acetylenes is 1. The second-order valence-corrected chi connectivity index (χ2v) is 6.00. The molecule has 1 heterocycles. The summed E-state index contributed by atoms with van der Waals surface area (Å²) in [6.45, 7) is 0. The van der Waals surface area contributed by atoms with Crippen molar-refractivity contribution in [1.29, 1.82) is 0 Å². The van der Waals surface area contributed by atoms with Gasteiger partial charge >= 0.3 is 5.97 Å². The number of nitrogens with zero attached hydrogens (tertiary/aromatic N) is 2. The van der Waals surface area contributed by atoms with Gasteiger partial charge in [-0.1, -0.05) is 48.4 Å². The summed E-state index contributed by atoms with van der Waals surface area (Å²) in [5, 5.41) is 0. The number of amidine groups is 1. The molecule has 5 heteroatoms. The maximum atomic E-state index is 13.4. The molecule has 0 saturated heterocycles. The van der Waals surface area contributed by atoms with Crippen molar-refractivity contribution < 1.29 is 13.9 Å². The van der Waals surface area contributed by atoms with Crippen LogP contribution < -0.4 is 4.90 Å². The zero-order valence-electron chi connectivity index (χ0n) is 14.9. The molecular weight excluding hydrogens is 343 g/mol. The van der Waals surface area contributed by atoms with Crippen LogP contribution in [0.4, 0.5) is 10.1 Å². The lowest BCUT2D eigenvalue weighted by atomic mass is 10.1. The minimum absolute atomic E-state index is 0.251. The molecule has 0 amide bonds. The first-order valence-corrected chi connectivity index (χ1v) is 8.50. The minimum atomic E-state index is -0.747. The lowest BCUT2D eigenvalue weighted by molar-refractivity contribution is -0.142. The van der Waals surface area contributed by atoms with Crippen LogP contribution in [0.5, 0.6) is 0 Å². The number of benzene rings is 2. The van der Waals surface area contributed by atoms with E-state index in [0.717, 1.165) is 5.56 Å². The Balaban J connectivity index is 2.02. The molecule has 2 unspecified atom stereocenters. The molecule has 0 spiro atoms. The number of aliphatic imine (C=N–C) groups is 1. The van der Waals surface area contributed by atoms with Crippen molar-refractivity contribution in [2.45, 2.75) is 18.5 Å². The van der Waals surface area contributed by atoms with E-state index in [1.807, 2.05) is 47.4 Å². The van der Waals surface area contributed by atoms with Crippen molar-refractivity contribution in [3.8, 4) is 12.3 Å². The van der Waals surface area contributed by atoms with Gasteiger partial charge in [-0.15, -0.1) is 6.42 Å². The minimum Gasteiger partial charge on any atom is -0.467 e. The van der Waals surface area contributed by atoms with Gasteiger partial charge in [0.2, 0.25) is 0 Å². The first-order valence-electron chi connectivity index (χ1n) is 8.50. The van der Waals surface area contributed by atoms with Crippen LogP contribution in [0, 0.1) is 18.2 Å². The zero-order chi connectivity index (χ0) is 19.2. The van der Waals surface area contributed by atoms with Gasteiger partial charge in [-0.05, 0) is 29.8 Å². The van der Waals surface area contributed by atoms with Crippen molar-refractivity contribution >= 4 is 23.6 Å². The molecule has 0 aliphatic carbocycles. The highest BCUT2D eigenvalue weighted by Crippen LogP contribution is 2.29. The topological polar surface area (TPSA) is 41.9 Å². The molecule has 0 fully saturated rings. The van der Waals surface area contributed by atoms with Crippen molar-refractivity contribution in [3.05, 3.63) is 72.1 Å². The van der Waals surface area contributed by atoms with Gasteiger partial charge in [-0.2, -0.15) is 0 Å². The van der Waals surface area contributed by atoms with E-state index in [9.17, 15) is 9.18 Å². The number of hydrogen-bond donors (Lipinski definition) is 0. The molecule has 1 aliphatic rings. The summed E-state index contributed by atoms with van der Waals surface area (Å²) in [4.78, 5) is 18.7. The average molecular weight is 362 g/mol. The molecule has 1 aliphatic heterocycles. The molecule has 2 aromatic rings. The molecule has 0 N–H and O–H groups in total. The summed E-state index contributed by atoms with van der Waals surface area (Å²) in [5.74, 6) is 2.36. The largest absolute Gasteiger partial charge is 0.467 e. The number of halogens is 1. The quantitative estimate of drug-likeness (QED) is 0.602. The lowest BCUT2D eigenvalue weighted by Gasteiger charge is -2.27. The van der Waals surface area contributed by atoms with Gasteiger partial charge < -0.3 is 9.64 Å². The van der Waals surface area contributed by atoms with Gasteiger partial charge in [0, 0.05) is 5.69 Å². The summed E-state index contributed by atoms with van der Waals surface area (Å²) in [6.07, 6.45) is 9.55. The van der Waals surface area contributed by atoms with Crippen molar-refractivity contribution in [3.63, 3.8) is 0 Å². The number of ether oxygens (including phenoxy) is 1. The molecule has 0 saturated carbocycles. The van der Waals surface area contributed by atoms with Crippen LogP contribution in [-0.4, -0.2) is 31.0 Å². The van der Waals surface area contributed by atoms with Crippen LogP contribution in [0.2, 0.25) is 0 Å². The van der Waals surface area contributed by atoms with Crippen LogP contribution in [0.3, 0.4) is 0 Å². The van der Waals surface area contributed by atoms with Gasteiger partial charge in [0.15, 0.2) is 6.04 Å². The van der Waals surface area contributed by atoms with E-state index < -0.39 is 18.1 Å². The number of rotatable bonds is 5.